The van der Waals surface area contributed by atoms with Crippen LogP contribution in [0.25, 0.3) is 0 Å². The van der Waals surface area contributed by atoms with E-state index in [-0.39, 0.29) is 5.69 Å². The van der Waals surface area contributed by atoms with Crippen molar-refractivity contribution in [2.75, 3.05) is 0 Å². The van der Waals surface area contributed by atoms with Crippen molar-refractivity contribution in [1.29, 1.82) is 0 Å². The first kappa shape index (κ1) is 8.77. The number of nitrogens with zero attached hydrogens (tertiary/aromatic N) is 2. The van der Waals surface area contributed by atoms with Crippen molar-refractivity contribution in [3.8, 4) is 0 Å². The molecule has 0 aliphatic rings. The van der Waals surface area contributed by atoms with Crippen LogP contribution in [0, 0.1) is 6.92 Å². The highest BCUT2D eigenvalue weighted by atomic mass is 16.4. The molecule has 0 saturated heterocycles. The second-order valence-corrected chi connectivity index (χ2v) is 2.73. The number of hydrogen-bond donors (Lipinski definition) is 1. The van der Waals surface area contributed by atoms with Crippen LogP contribution >= 0.6 is 0 Å². The zero-order valence-electron chi connectivity index (χ0n) is 7.24. The molecule has 0 aromatic carbocycles. The average molecular weight is 168 g/mol. The van der Waals surface area contributed by atoms with Gasteiger partial charge in [0.1, 0.15) is 0 Å². The third-order valence-corrected chi connectivity index (χ3v) is 1.60. The van der Waals surface area contributed by atoms with Crippen molar-refractivity contribution in [3.05, 3.63) is 17.5 Å². The van der Waals surface area contributed by atoms with Gasteiger partial charge in [0.05, 0.1) is 0 Å². The van der Waals surface area contributed by atoms with Gasteiger partial charge in [-0.05, 0) is 13.3 Å². The fourth-order valence-corrected chi connectivity index (χ4v) is 1.08. The molecule has 1 aromatic heterocycles. The molecule has 0 aliphatic carbocycles. The summed E-state index contributed by atoms with van der Waals surface area (Å²) in [5.41, 5.74) is 0.874. The van der Waals surface area contributed by atoms with E-state index >= 15 is 0 Å². The van der Waals surface area contributed by atoms with Crippen LogP contribution in [0.3, 0.4) is 0 Å². The zero-order chi connectivity index (χ0) is 9.14. The van der Waals surface area contributed by atoms with Crippen molar-refractivity contribution in [1.82, 2.24) is 9.78 Å². The lowest BCUT2D eigenvalue weighted by atomic mass is 10.3. The van der Waals surface area contributed by atoms with Gasteiger partial charge in [-0.15, -0.1) is 0 Å². The minimum atomic E-state index is -0.956. The Balaban J connectivity index is 2.92. The number of aromatic nitrogens is 2. The Morgan fingerprint density at radius 2 is 2.42 bits per heavy atom. The third kappa shape index (κ3) is 1.64. The van der Waals surface area contributed by atoms with E-state index in [9.17, 15) is 4.79 Å². The quantitative estimate of drug-likeness (QED) is 0.740. The molecule has 0 radical (unpaired) electrons. The Labute approximate surface area is 70.8 Å². The highest BCUT2D eigenvalue weighted by Gasteiger charge is 2.11. The lowest BCUT2D eigenvalue weighted by Gasteiger charge is -1.94. The van der Waals surface area contributed by atoms with E-state index in [4.69, 9.17) is 5.11 Å². The van der Waals surface area contributed by atoms with Crippen LogP contribution in [-0.4, -0.2) is 20.9 Å². The summed E-state index contributed by atoms with van der Waals surface area (Å²) >= 11 is 0. The van der Waals surface area contributed by atoms with Gasteiger partial charge < -0.3 is 5.11 Å². The van der Waals surface area contributed by atoms with Gasteiger partial charge in [0.2, 0.25) is 0 Å². The van der Waals surface area contributed by atoms with Gasteiger partial charge in [0, 0.05) is 18.3 Å². The Hall–Kier alpha value is -1.32. The average Bonchev–Trinajstić information content (AvgIpc) is 2.32. The standard InChI is InChI=1S/C8H12N2O2/c1-3-4-10-5-6(2)7(9-10)8(11)12/h5H,3-4H2,1-2H3,(H,11,12). The van der Waals surface area contributed by atoms with E-state index in [1.165, 1.54) is 0 Å². The van der Waals surface area contributed by atoms with Crippen LogP contribution in [0.4, 0.5) is 0 Å². The molecule has 0 amide bonds. The van der Waals surface area contributed by atoms with Gasteiger partial charge >= 0.3 is 5.97 Å². The van der Waals surface area contributed by atoms with Crippen molar-refractivity contribution < 1.29 is 9.90 Å². The molecule has 4 heteroatoms. The molecule has 0 aliphatic heterocycles. The van der Waals surface area contributed by atoms with E-state index in [1.807, 2.05) is 6.92 Å². The molecule has 0 saturated carbocycles. The van der Waals surface area contributed by atoms with Crippen molar-refractivity contribution in [2.45, 2.75) is 26.8 Å². The Morgan fingerprint density at radius 1 is 1.75 bits per heavy atom. The predicted molar refractivity (Wildman–Crippen MR) is 44.2 cm³/mol. The van der Waals surface area contributed by atoms with Crippen molar-refractivity contribution >= 4 is 5.97 Å². The normalized spacial score (nSPS) is 10.2. The third-order valence-electron chi connectivity index (χ3n) is 1.60. The van der Waals surface area contributed by atoms with E-state index in [0.29, 0.717) is 0 Å². The number of carboxylic acids is 1. The largest absolute Gasteiger partial charge is 0.476 e. The maximum atomic E-state index is 10.6. The first-order valence-electron chi connectivity index (χ1n) is 3.92. The maximum absolute atomic E-state index is 10.6. The van der Waals surface area contributed by atoms with E-state index in [2.05, 4.69) is 5.10 Å². The molecule has 66 valence electrons. The molecule has 0 fully saturated rings. The van der Waals surface area contributed by atoms with Crippen LogP contribution in [-0.2, 0) is 6.54 Å². The Morgan fingerprint density at radius 3 is 2.83 bits per heavy atom. The van der Waals surface area contributed by atoms with Crippen LogP contribution in [0.2, 0.25) is 0 Å². The summed E-state index contributed by atoms with van der Waals surface area (Å²) in [5.74, 6) is -0.956. The first-order chi connectivity index (χ1) is 5.65. The number of aryl methyl sites for hydroxylation is 2. The summed E-state index contributed by atoms with van der Waals surface area (Å²) in [6.45, 7) is 4.55. The molecular formula is C8H12N2O2. The molecule has 1 aromatic rings. The van der Waals surface area contributed by atoms with Gasteiger partial charge in [-0.1, -0.05) is 6.92 Å². The number of carbonyl (C=O) groups is 1. The summed E-state index contributed by atoms with van der Waals surface area (Å²) in [7, 11) is 0. The lowest BCUT2D eigenvalue weighted by Crippen LogP contribution is -2.02. The fraction of sp³-hybridized carbons (Fsp3) is 0.500. The molecule has 0 spiro atoms. The van der Waals surface area contributed by atoms with Crippen molar-refractivity contribution in [2.24, 2.45) is 0 Å². The monoisotopic (exact) mass is 168 g/mol. The number of rotatable bonds is 3. The van der Waals surface area contributed by atoms with Crippen LogP contribution < -0.4 is 0 Å². The molecule has 1 rings (SSSR count). The minimum absolute atomic E-state index is 0.156. The number of aromatic carboxylic acids is 1. The topological polar surface area (TPSA) is 55.1 Å². The minimum Gasteiger partial charge on any atom is -0.476 e. The van der Waals surface area contributed by atoms with E-state index in [1.54, 1.807) is 17.8 Å². The van der Waals surface area contributed by atoms with Crippen LogP contribution in [0.5, 0.6) is 0 Å². The highest BCUT2D eigenvalue weighted by molar-refractivity contribution is 5.86. The summed E-state index contributed by atoms with van der Waals surface area (Å²) < 4.78 is 1.67. The second-order valence-electron chi connectivity index (χ2n) is 2.73. The molecule has 4 nitrogen and oxygen atoms in total. The van der Waals surface area contributed by atoms with E-state index < -0.39 is 5.97 Å². The summed E-state index contributed by atoms with van der Waals surface area (Å²) in [5, 5.41) is 12.6. The number of hydrogen-bond acceptors (Lipinski definition) is 2. The van der Waals surface area contributed by atoms with Gasteiger partial charge in [0.15, 0.2) is 5.69 Å². The molecule has 0 atom stereocenters. The predicted octanol–water partition coefficient (Wildman–Crippen LogP) is 1.30. The molecule has 0 bridgehead atoms. The Kier molecular flexibility index (Phi) is 2.47. The van der Waals surface area contributed by atoms with Crippen molar-refractivity contribution in [3.63, 3.8) is 0 Å². The molecule has 0 unspecified atom stereocenters. The van der Waals surface area contributed by atoms with Gasteiger partial charge in [-0.3, -0.25) is 4.68 Å². The van der Waals surface area contributed by atoms with Crippen LogP contribution in [0.1, 0.15) is 29.4 Å². The zero-order valence-corrected chi connectivity index (χ0v) is 7.24. The summed E-state index contributed by atoms with van der Waals surface area (Å²) in [4.78, 5) is 10.6. The fourth-order valence-electron chi connectivity index (χ4n) is 1.08. The van der Waals surface area contributed by atoms with Gasteiger partial charge in [0.25, 0.3) is 0 Å². The number of carboxylic acid groups (broad SMARTS) is 1. The Bertz CT molecular complexity index is 291. The van der Waals surface area contributed by atoms with Crippen LogP contribution in [0.15, 0.2) is 6.20 Å². The first-order valence-corrected chi connectivity index (χ1v) is 3.92. The maximum Gasteiger partial charge on any atom is 0.356 e. The lowest BCUT2D eigenvalue weighted by molar-refractivity contribution is 0.0688. The highest BCUT2D eigenvalue weighted by Crippen LogP contribution is 2.05. The molecule has 1 heterocycles. The molecule has 1 N–H and O–H groups in total. The summed E-state index contributed by atoms with van der Waals surface area (Å²) in [6, 6.07) is 0. The second kappa shape index (κ2) is 3.38. The molecule has 12 heavy (non-hydrogen) atoms. The SMILES string of the molecule is CCCn1cc(C)c(C(=O)O)n1. The van der Waals surface area contributed by atoms with Gasteiger partial charge in [-0.25, -0.2) is 4.79 Å². The van der Waals surface area contributed by atoms with E-state index in [0.717, 1.165) is 18.5 Å². The smallest absolute Gasteiger partial charge is 0.356 e. The summed E-state index contributed by atoms with van der Waals surface area (Å²) in [6.07, 6.45) is 2.72. The van der Waals surface area contributed by atoms with Gasteiger partial charge in [-0.2, -0.15) is 5.10 Å². The molecular weight excluding hydrogens is 156 g/mol.